The van der Waals surface area contributed by atoms with Gasteiger partial charge in [0, 0.05) is 32.0 Å². The third-order valence-corrected chi connectivity index (χ3v) is 6.26. The average molecular weight is 435 g/mol. The fourth-order valence-corrected chi connectivity index (χ4v) is 4.53. The van der Waals surface area contributed by atoms with Gasteiger partial charge in [-0.25, -0.2) is 4.98 Å². The molecule has 1 aromatic heterocycles. The Labute approximate surface area is 185 Å². The van der Waals surface area contributed by atoms with Gasteiger partial charge < -0.3 is 25.6 Å². The van der Waals surface area contributed by atoms with Gasteiger partial charge in [-0.15, -0.1) is 0 Å². The van der Waals surface area contributed by atoms with Crippen molar-refractivity contribution in [2.45, 2.75) is 37.5 Å². The van der Waals surface area contributed by atoms with Gasteiger partial charge in [-0.05, 0) is 30.2 Å². The molecule has 1 fully saturated rings. The molecule has 3 aliphatic heterocycles. The number of nitrogens with zero attached hydrogens (tertiary/aromatic N) is 2. The number of pyridine rings is 1. The first-order chi connectivity index (χ1) is 15.5. The Bertz CT molecular complexity index is 1050. The summed E-state index contributed by atoms with van der Waals surface area (Å²) >= 11 is 0. The SMILES string of the molecule is O=C(CN1CCC2(CCC1=O)NC(=O)c1cccnc1N2)NCC1Cc2ccccc2O1. The highest BCUT2D eigenvalue weighted by atomic mass is 16.5. The summed E-state index contributed by atoms with van der Waals surface area (Å²) in [5, 5.41) is 9.20. The van der Waals surface area contributed by atoms with Crippen LogP contribution in [0.2, 0.25) is 0 Å². The van der Waals surface area contributed by atoms with Gasteiger partial charge in [-0.3, -0.25) is 14.4 Å². The molecule has 32 heavy (non-hydrogen) atoms. The van der Waals surface area contributed by atoms with Crippen molar-refractivity contribution < 1.29 is 19.1 Å². The summed E-state index contributed by atoms with van der Waals surface area (Å²) < 4.78 is 5.85. The fourth-order valence-electron chi connectivity index (χ4n) is 4.53. The van der Waals surface area contributed by atoms with E-state index in [0.717, 1.165) is 17.7 Å². The van der Waals surface area contributed by atoms with Crippen LogP contribution in [0.3, 0.4) is 0 Å². The van der Waals surface area contributed by atoms with E-state index in [9.17, 15) is 14.4 Å². The fraction of sp³-hybridized carbons (Fsp3) is 0.391. The lowest BCUT2D eigenvalue weighted by Gasteiger charge is -2.39. The van der Waals surface area contributed by atoms with Crippen molar-refractivity contribution in [2.24, 2.45) is 0 Å². The molecule has 0 saturated carbocycles. The van der Waals surface area contributed by atoms with E-state index in [4.69, 9.17) is 4.74 Å². The Hall–Kier alpha value is -3.62. The number of anilines is 1. The van der Waals surface area contributed by atoms with Gasteiger partial charge in [0.15, 0.2) is 0 Å². The van der Waals surface area contributed by atoms with Gasteiger partial charge >= 0.3 is 0 Å². The molecule has 2 unspecified atom stereocenters. The standard InChI is InChI=1S/C23H25N5O4/c29-19(25-13-16-12-15-4-1-2-6-18(15)32-16)14-28-11-9-23(8-7-20(28)30)26-21-17(22(31)27-23)5-3-10-24-21/h1-6,10,16H,7-9,11-14H2,(H,24,26)(H,25,29)(H,27,31). The van der Waals surface area contributed by atoms with E-state index in [-0.39, 0.29) is 36.8 Å². The van der Waals surface area contributed by atoms with Crippen molar-refractivity contribution in [1.29, 1.82) is 0 Å². The number of fused-ring (bicyclic) bond motifs is 2. The van der Waals surface area contributed by atoms with Gasteiger partial charge in [0.25, 0.3) is 5.91 Å². The van der Waals surface area contributed by atoms with Crippen LogP contribution in [-0.2, 0) is 16.0 Å². The molecular formula is C23H25N5O4. The summed E-state index contributed by atoms with van der Waals surface area (Å²) in [7, 11) is 0. The molecule has 2 aromatic rings. The number of hydrogen-bond donors (Lipinski definition) is 3. The first-order valence-electron chi connectivity index (χ1n) is 10.9. The summed E-state index contributed by atoms with van der Waals surface area (Å²) in [4.78, 5) is 43.6. The first kappa shape index (κ1) is 20.3. The number of amides is 3. The van der Waals surface area contributed by atoms with Crippen molar-refractivity contribution in [3.8, 4) is 5.75 Å². The van der Waals surface area contributed by atoms with Crippen LogP contribution < -0.4 is 20.7 Å². The van der Waals surface area contributed by atoms with E-state index in [2.05, 4.69) is 20.9 Å². The van der Waals surface area contributed by atoms with Crippen LogP contribution in [0.4, 0.5) is 5.82 Å². The van der Waals surface area contributed by atoms with Gasteiger partial charge in [0.1, 0.15) is 23.3 Å². The van der Waals surface area contributed by atoms with Crippen LogP contribution >= 0.6 is 0 Å². The number of ether oxygens (including phenoxy) is 1. The molecule has 166 valence electrons. The maximum Gasteiger partial charge on any atom is 0.256 e. The number of rotatable bonds is 4. The highest BCUT2D eigenvalue weighted by molar-refractivity contribution is 6.01. The number of hydrogen-bond acceptors (Lipinski definition) is 6. The average Bonchev–Trinajstić information content (AvgIpc) is 3.16. The van der Waals surface area contributed by atoms with Crippen LogP contribution in [0.25, 0.3) is 0 Å². The quantitative estimate of drug-likeness (QED) is 0.662. The van der Waals surface area contributed by atoms with E-state index in [1.165, 1.54) is 0 Å². The maximum absolute atomic E-state index is 12.7. The van der Waals surface area contributed by atoms with E-state index in [1.54, 1.807) is 23.2 Å². The van der Waals surface area contributed by atoms with Crippen molar-refractivity contribution in [3.63, 3.8) is 0 Å². The molecule has 0 bridgehead atoms. The van der Waals surface area contributed by atoms with Crippen molar-refractivity contribution in [1.82, 2.24) is 20.5 Å². The lowest BCUT2D eigenvalue weighted by Crippen LogP contribution is -2.58. The Balaban J connectivity index is 1.16. The predicted molar refractivity (Wildman–Crippen MR) is 116 cm³/mol. The smallest absolute Gasteiger partial charge is 0.256 e. The number of carbonyl (C=O) groups is 3. The molecule has 0 aliphatic carbocycles. The number of para-hydroxylation sites is 1. The van der Waals surface area contributed by atoms with E-state index in [1.807, 2.05) is 24.3 Å². The summed E-state index contributed by atoms with van der Waals surface area (Å²) in [6.45, 7) is 0.726. The normalized spacial score (nSPS) is 24.0. The largest absolute Gasteiger partial charge is 0.488 e. The van der Waals surface area contributed by atoms with E-state index < -0.39 is 5.66 Å². The Kier molecular flexibility index (Phi) is 5.16. The minimum atomic E-state index is -0.747. The van der Waals surface area contributed by atoms with Gasteiger partial charge in [-0.2, -0.15) is 0 Å². The third kappa shape index (κ3) is 3.98. The van der Waals surface area contributed by atoms with Crippen molar-refractivity contribution >= 4 is 23.5 Å². The molecular weight excluding hydrogens is 410 g/mol. The zero-order chi connectivity index (χ0) is 22.1. The molecule has 3 amide bonds. The molecule has 1 saturated heterocycles. The van der Waals surface area contributed by atoms with Crippen LogP contribution in [0.5, 0.6) is 5.75 Å². The van der Waals surface area contributed by atoms with Crippen LogP contribution in [0, 0.1) is 0 Å². The second kappa shape index (κ2) is 8.14. The second-order valence-electron chi connectivity index (χ2n) is 8.48. The number of aromatic nitrogens is 1. The minimum absolute atomic E-state index is 0.0165. The summed E-state index contributed by atoms with van der Waals surface area (Å²) in [5.41, 5.74) is 0.877. The number of nitrogens with one attached hydrogen (secondary N) is 3. The van der Waals surface area contributed by atoms with Gasteiger partial charge in [-0.1, -0.05) is 18.2 Å². The van der Waals surface area contributed by atoms with Gasteiger partial charge in [0.05, 0.1) is 18.7 Å². The maximum atomic E-state index is 12.7. The van der Waals surface area contributed by atoms with Crippen LogP contribution in [0.1, 0.15) is 35.2 Å². The zero-order valence-corrected chi connectivity index (χ0v) is 17.6. The lowest BCUT2D eigenvalue weighted by molar-refractivity contribution is -0.135. The van der Waals surface area contributed by atoms with Crippen molar-refractivity contribution in [3.05, 3.63) is 53.7 Å². The first-order valence-corrected chi connectivity index (χ1v) is 10.9. The van der Waals surface area contributed by atoms with Crippen LogP contribution in [-0.4, -0.2) is 59.0 Å². The van der Waals surface area contributed by atoms with E-state index in [0.29, 0.717) is 37.3 Å². The Morgan fingerprint density at radius 1 is 1.19 bits per heavy atom. The molecule has 9 nitrogen and oxygen atoms in total. The molecule has 3 N–H and O–H groups in total. The molecule has 1 spiro atoms. The van der Waals surface area contributed by atoms with E-state index >= 15 is 0 Å². The highest BCUT2D eigenvalue weighted by Gasteiger charge is 2.41. The summed E-state index contributed by atoms with van der Waals surface area (Å²) in [6.07, 6.45) is 3.41. The Morgan fingerprint density at radius 2 is 2.06 bits per heavy atom. The highest BCUT2D eigenvalue weighted by Crippen LogP contribution is 2.30. The number of benzene rings is 1. The third-order valence-electron chi connectivity index (χ3n) is 6.26. The molecule has 1 aromatic carbocycles. The zero-order valence-electron chi connectivity index (χ0n) is 17.6. The molecule has 9 heteroatoms. The summed E-state index contributed by atoms with van der Waals surface area (Å²) in [5.74, 6) is 0.847. The minimum Gasteiger partial charge on any atom is -0.488 e. The molecule has 0 radical (unpaired) electrons. The van der Waals surface area contributed by atoms with Gasteiger partial charge in [0.2, 0.25) is 11.8 Å². The molecule has 4 heterocycles. The molecule has 2 atom stereocenters. The second-order valence-corrected chi connectivity index (χ2v) is 8.48. The Morgan fingerprint density at radius 3 is 2.94 bits per heavy atom. The number of carbonyl (C=O) groups excluding carboxylic acids is 3. The van der Waals surface area contributed by atoms with Crippen LogP contribution in [0.15, 0.2) is 42.6 Å². The predicted octanol–water partition coefficient (Wildman–Crippen LogP) is 1.07. The monoisotopic (exact) mass is 435 g/mol. The van der Waals surface area contributed by atoms with Crippen molar-refractivity contribution in [2.75, 3.05) is 25.0 Å². The lowest BCUT2D eigenvalue weighted by atomic mass is 9.97. The molecule has 3 aliphatic rings. The molecule has 5 rings (SSSR count). The summed E-state index contributed by atoms with van der Waals surface area (Å²) in [6, 6.07) is 11.3. The number of likely N-dealkylation sites (tertiary alicyclic amines) is 1. The topological polar surface area (TPSA) is 113 Å².